The molecular weight excluding hydrogens is 416 g/mol. The van der Waals surface area contributed by atoms with Gasteiger partial charge in [-0.3, -0.25) is 0 Å². The van der Waals surface area contributed by atoms with Crippen LogP contribution in [0.25, 0.3) is 44.1 Å². The van der Waals surface area contributed by atoms with Crippen molar-refractivity contribution in [2.45, 2.75) is 65.2 Å². The van der Waals surface area contributed by atoms with Crippen LogP contribution in [0.15, 0.2) is 53.2 Å². The fraction of sp³-hybridized carbons (Fsp3) is 0.355. The van der Waals surface area contributed by atoms with Gasteiger partial charge in [-0.2, -0.15) is 0 Å². The Morgan fingerprint density at radius 1 is 0.912 bits per heavy atom. The maximum absolute atomic E-state index is 6.69. The first-order valence-electron chi connectivity index (χ1n) is 12.3. The van der Waals surface area contributed by atoms with Crippen LogP contribution in [0.4, 0.5) is 0 Å². The smallest absolute Gasteiger partial charge is 0.334 e. The number of fused-ring (bicyclic) bond motifs is 6. The normalized spacial score (nSPS) is 16.9. The standard InChI is InChI=1S/C31H33N2O/c1-18-15-23-22-16-20-9-10-24-27(31(5,6)12-11-30(24,3)4)21(20)17-25(22)34-28(23)26(19(18)2)29-32-13-8-14-33(29)7/h8-10,13-17H,11-12H2,1-7H3/q+1. The van der Waals surface area contributed by atoms with Crippen LogP contribution in [-0.2, 0) is 17.9 Å². The molecule has 0 fully saturated rings. The largest absolute Gasteiger partial charge is 0.455 e. The fourth-order valence-corrected chi connectivity index (χ4v) is 6.09. The number of aryl methyl sites for hydroxylation is 2. The van der Waals surface area contributed by atoms with Crippen molar-refractivity contribution in [2.24, 2.45) is 7.05 Å². The van der Waals surface area contributed by atoms with Gasteiger partial charge in [0.15, 0.2) is 5.58 Å². The lowest BCUT2D eigenvalue weighted by molar-refractivity contribution is -0.663. The minimum absolute atomic E-state index is 0.143. The zero-order valence-electron chi connectivity index (χ0n) is 21.3. The van der Waals surface area contributed by atoms with Crippen LogP contribution in [0.2, 0.25) is 0 Å². The highest BCUT2D eigenvalue weighted by Crippen LogP contribution is 2.49. The van der Waals surface area contributed by atoms with Crippen LogP contribution in [0.3, 0.4) is 0 Å². The Bertz CT molecular complexity index is 1640. The summed E-state index contributed by atoms with van der Waals surface area (Å²) in [6.07, 6.45) is 6.32. The first-order chi connectivity index (χ1) is 16.1. The molecule has 0 unspecified atom stereocenters. The van der Waals surface area contributed by atoms with Gasteiger partial charge in [0.25, 0.3) is 0 Å². The molecule has 6 rings (SSSR count). The summed E-state index contributed by atoms with van der Waals surface area (Å²) in [5.41, 5.74) is 8.75. The minimum Gasteiger partial charge on any atom is -0.455 e. The van der Waals surface area contributed by atoms with E-state index < -0.39 is 0 Å². The molecule has 0 radical (unpaired) electrons. The van der Waals surface area contributed by atoms with Crippen LogP contribution in [0.5, 0.6) is 0 Å². The second kappa shape index (κ2) is 6.91. The predicted octanol–water partition coefficient (Wildman–Crippen LogP) is 7.59. The summed E-state index contributed by atoms with van der Waals surface area (Å²) in [5.74, 6) is 0.928. The van der Waals surface area contributed by atoms with Gasteiger partial charge in [0.2, 0.25) is 0 Å². The van der Waals surface area contributed by atoms with Gasteiger partial charge in [-0.15, -0.1) is 0 Å². The molecule has 3 aromatic carbocycles. The third kappa shape index (κ3) is 2.89. The summed E-state index contributed by atoms with van der Waals surface area (Å²) < 4.78 is 8.77. The number of benzene rings is 3. The third-order valence-corrected chi connectivity index (χ3v) is 8.35. The molecule has 34 heavy (non-hydrogen) atoms. The Labute approximate surface area is 201 Å². The Kier molecular flexibility index (Phi) is 4.34. The summed E-state index contributed by atoms with van der Waals surface area (Å²) in [4.78, 5) is 4.72. The van der Waals surface area contributed by atoms with Gasteiger partial charge in [-0.25, -0.2) is 4.57 Å². The average Bonchev–Trinajstić information content (AvgIpc) is 3.13. The van der Waals surface area contributed by atoms with Crippen molar-refractivity contribution >= 4 is 32.7 Å². The molecule has 0 bridgehead atoms. The molecule has 2 aromatic heterocycles. The lowest BCUT2D eigenvalue weighted by Gasteiger charge is -2.42. The van der Waals surface area contributed by atoms with Gasteiger partial charge in [0.1, 0.15) is 17.3 Å². The van der Waals surface area contributed by atoms with Crippen molar-refractivity contribution in [2.75, 3.05) is 0 Å². The van der Waals surface area contributed by atoms with E-state index in [1.54, 1.807) is 0 Å². The SMILES string of the molecule is Cc1cc2c(oc3cc4c5c(ccc4cc32)C(C)(C)CCC5(C)C)c(-c2nccc[n+]2C)c1C. The third-order valence-electron chi connectivity index (χ3n) is 8.35. The van der Waals surface area contributed by atoms with Gasteiger partial charge in [-0.05, 0) is 93.7 Å². The van der Waals surface area contributed by atoms with E-state index in [0.29, 0.717) is 0 Å². The molecule has 0 saturated heterocycles. The van der Waals surface area contributed by atoms with Crippen molar-refractivity contribution in [1.82, 2.24) is 4.98 Å². The van der Waals surface area contributed by atoms with E-state index >= 15 is 0 Å². The van der Waals surface area contributed by atoms with Crippen LogP contribution >= 0.6 is 0 Å². The molecule has 1 aliphatic carbocycles. The Hall–Kier alpha value is -3.20. The second-order valence-corrected chi connectivity index (χ2v) is 11.6. The summed E-state index contributed by atoms with van der Waals surface area (Å²) in [6.45, 7) is 13.9. The van der Waals surface area contributed by atoms with Crippen molar-refractivity contribution < 1.29 is 8.98 Å². The van der Waals surface area contributed by atoms with E-state index in [1.807, 2.05) is 25.5 Å². The highest BCUT2D eigenvalue weighted by Gasteiger charge is 2.38. The highest BCUT2D eigenvalue weighted by molar-refractivity contribution is 6.14. The van der Waals surface area contributed by atoms with E-state index in [1.165, 1.54) is 51.3 Å². The molecular formula is C31H33N2O+. The topological polar surface area (TPSA) is 29.9 Å². The molecule has 1 aliphatic rings. The summed E-state index contributed by atoms with van der Waals surface area (Å²) in [6, 6.07) is 13.6. The summed E-state index contributed by atoms with van der Waals surface area (Å²) >= 11 is 0. The average molecular weight is 450 g/mol. The van der Waals surface area contributed by atoms with Crippen LogP contribution in [0.1, 0.15) is 62.8 Å². The molecule has 3 nitrogen and oxygen atoms in total. The summed E-state index contributed by atoms with van der Waals surface area (Å²) in [5, 5.41) is 4.97. The number of aromatic nitrogens is 2. The highest BCUT2D eigenvalue weighted by atomic mass is 16.3. The van der Waals surface area contributed by atoms with Gasteiger partial charge >= 0.3 is 5.82 Å². The van der Waals surface area contributed by atoms with E-state index in [0.717, 1.165) is 27.9 Å². The molecule has 0 atom stereocenters. The van der Waals surface area contributed by atoms with E-state index in [2.05, 4.69) is 76.4 Å². The zero-order valence-corrected chi connectivity index (χ0v) is 21.3. The molecule has 0 N–H and O–H groups in total. The number of hydrogen-bond acceptors (Lipinski definition) is 2. The number of hydrogen-bond donors (Lipinski definition) is 0. The van der Waals surface area contributed by atoms with Crippen LogP contribution in [-0.4, -0.2) is 4.98 Å². The molecule has 5 aromatic rings. The number of rotatable bonds is 1. The Balaban J connectivity index is 1.74. The van der Waals surface area contributed by atoms with Crippen molar-refractivity contribution in [3.63, 3.8) is 0 Å². The number of nitrogens with zero attached hydrogens (tertiary/aromatic N) is 2. The summed E-state index contributed by atoms with van der Waals surface area (Å²) in [7, 11) is 2.04. The van der Waals surface area contributed by atoms with Crippen molar-refractivity contribution in [3.05, 3.63) is 71.0 Å². The molecule has 172 valence electrons. The molecule has 0 spiro atoms. The first kappa shape index (κ1) is 21.3. The molecule has 2 heterocycles. The van der Waals surface area contributed by atoms with Crippen LogP contribution in [0, 0.1) is 13.8 Å². The zero-order chi connectivity index (χ0) is 24.0. The quantitative estimate of drug-likeness (QED) is 0.247. The van der Waals surface area contributed by atoms with Gasteiger partial charge in [0, 0.05) is 16.8 Å². The lowest BCUT2D eigenvalue weighted by Crippen LogP contribution is -2.34. The maximum Gasteiger partial charge on any atom is 0.334 e. The predicted molar refractivity (Wildman–Crippen MR) is 140 cm³/mol. The number of furan rings is 1. The maximum atomic E-state index is 6.69. The minimum atomic E-state index is 0.143. The van der Waals surface area contributed by atoms with Gasteiger partial charge in [0.05, 0.1) is 13.2 Å². The molecule has 3 heteroatoms. The molecule has 0 saturated carbocycles. The van der Waals surface area contributed by atoms with E-state index in [9.17, 15) is 0 Å². The van der Waals surface area contributed by atoms with Crippen LogP contribution < -0.4 is 4.57 Å². The second-order valence-electron chi connectivity index (χ2n) is 11.6. The van der Waals surface area contributed by atoms with E-state index in [4.69, 9.17) is 9.40 Å². The van der Waals surface area contributed by atoms with Crippen molar-refractivity contribution in [1.29, 1.82) is 0 Å². The van der Waals surface area contributed by atoms with Gasteiger partial charge in [-0.1, -0.05) is 39.8 Å². The lowest BCUT2D eigenvalue weighted by atomic mass is 9.62. The van der Waals surface area contributed by atoms with E-state index in [-0.39, 0.29) is 10.8 Å². The fourth-order valence-electron chi connectivity index (χ4n) is 6.09. The first-order valence-corrected chi connectivity index (χ1v) is 12.3. The van der Waals surface area contributed by atoms with Gasteiger partial charge < -0.3 is 4.42 Å². The molecule has 0 amide bonds. The Morgan fingerprint density at radius 2 is 1.68 bits per heavy atom. The van der Waals surface area contributed by atoms with Crippen molar-refractivity contribution in [3.8, 4) is 11.4 Å². The monoisotopic (exact) mass is 449 g/mol. The Morgan fingerprint density at radius 3 is 2.44 bits per heavy atom. The molecule has 0 aliphatic heterocycles.